The average Bonchev–Trinajstić information content (AvgIpc) is 2.67. The number of nitriles is 1. The van der Waals surface area contributed by atoms with Crippen molar-refractivity contribution in [3.8, 4) is 6.07 Å². The number of allylic oxidation sites excluding steroid dienone is 1. The lowest BCUT2D eigenvalue weighted by atomic mass is 9.78. The molecule has 1 heterocycles. The van der Waals surface area contributed by atoms with Crippen molar-refractivity contribution in [2.75, 3.05) is 21.3 Å². The normalized spacial score (nSPS) is 16.8. The SMILES string of the molecule is COC(=O)C1=C(C(OC)OC)NC(C)=C(C(=O)O)C1c1ccccc1C#N. The van der Waals surface area contributed by atoms with Gasteiger partial charge in [0.1, 0.15) is 0 Å². The van der Waals surface area contributed by atoms with Crippen LogP contribution in [0.5, 0.6) is 0 Å². The summed E-state index contributed by atoms with van der Waals surface area (Å²) in [6, 6.07) is 8.55. The van der Waals surface area contributed by atoms with E-state index in [1.54, 1.807) is 31.2 Å². The summed E-state index contributed by atoms with van der Waals surface area (Å²) in [5.74, 6) is -3.00. The van der Waals surface area contributed by atoms with Crippen molar-refractivity contribution in [1.29, 1.82) is 5.26 Å². The second-order valence-electron chi connectivity index (χ2n) is 5.72. The number of dihydropyridines is 1. The van der Waals surface area contributed by atoms with Gasteiger partial charge in [0.25, 0.3) is 0 Å². The van der Waals surface area contributed by atoms with Crippen molar-refractivity contribution in [2.24, 2.45) is 0 Å². The van der Waals surface area contributed by atoms with Gasteiger partial charge in [-0.3, -0.25) is 0 Å². The number of esters is 1. The minimum atomic E-state index is -1.22. The van der Waals surface area contributed by atoms with Crippen molar-refractivity contribution in [3.05, 3.63) is 57.9 Å². The molecule has 1 aliphatic rings. The number of nitrogens with one attached hydrogen (secondary N) is 1. The van der Waals surface area contributed by atoms with Gasteiger partial charge in [-0.05, 0) is 18.6 Å². The van der Waals surface area contributed by atoms with Crippen LogP contribution in [-0.2, 0) is 23.8 Å². The van der Waals surface area contributed by atoms with E-state index in [9.17, 15) is 20.0 Å². The largest absolute Gasteiger partial charge is 0.478 e. The molecule has 8 nitrogen and oxygen atoms in total. The van der Waals surface area contributed by atoms with E-state index in [4.69, 9.17) is 14.2 Å². The van der Waals surface area contributed by atoms with Gasteiger partial charge in [-0.25, -0.2) is 9.59 Å². The fraction of sp³-hybridized carbons (Fsp3) is 0.316. The highest BCUT2D eigenvalue weighted by Crippen LogP contribution is 2.41. The lowest BCUT2D eigenvalue weighted by molar-refractivity contribution is -0.137. The van der Waals surface area contributed by atoms with Crippen LogP contribution in [0.1, 0.15) is 24.0 Å². The molecule has 0 aliphatic carbocycles. The van der Waals surface area contributed by atoms with Crippen LogP contribution in [0, 0.1) is 11.3 Å². The molecule has 8 heteroatoms. The van der Waals surface area contributed by atoms with Crippen LogP contribution in [0.15, 0.2) is 46.8 Å². The highest BCUT2D eigenvalue weighted by atomic mass is 16.7. The number of carboxylic acid groups (broad SMARTS) is 1. The standard InChI is InChI=1S/C19H20N2O6/c1-10-13(17(22)23)14(12-8-6-5-7-11(12)9-20)15(18(24)25-2)16(21-10)19(26-3)27-4/h5-8,14,19,21H,1-4H3,(H,22,23). The quantitative estimate of drug-likeness (QED) is 0.572. The molecule has 1 atom stereocenters. The molecule has 0 spiro atoms. The average molecular weight is 372 g/mol. The number of aliphatic carboxylic acids is 1. The maximum Gasteiger partial charge on any atom is 0.336 e. The van der Waals surface area contributed by atoms with Gasteiger partial charge in [0.15, 0.2) is 6.29 Å². The monoisotopic (exact) mass is 372 g/mol. The van der Waals surface area contributed by atoms with E-state index in [0.717, 1.165) is 0 Å². The van der Waals surface area contributed by atoms with E-state index in [1.165, 1.54) is 21.3 Å². The molecule has 0 aromatic heterocycles. The predicted molar refractivity (Wildman–Crippen MR) is 94.2 cm³/mol. The molecule has 142 valence electrons. The van der Waals surface area contributed by atoms with Crippen LogP contribution >= 0.6 is 0 Å². The minimum Gasteiger partial charge on any atom is -0.478 e. The van der Waals surface area contributed by atoms with Crippen molar-refractivity contribution in [1.82, 2.24) is 5.32 Å². The number of benzene rings is 1. The molecule has 0 fully saturated rings. The molecule has 1 aromatic carbocycles. The third-order valence-electron chi connectivity index (χ3n) is 4.29. The highest BCUT2D eigenvalue weighted by molar-refractivity contribution is 5.99. The Hall–Kier alpha value is -3.15. The van der Waals surface area contributed by atoms with Crippen molar-refractivity contribution < 1.29 is 28.9 Å². The number of hydrogen-bond acceptors (Lipinski definition) is 7. The highest BCUT2D eigenvalue weighted by Gasteiger charge is 2.41. The Balaban J connectivity index is 2.87. The summed E-state index contributed by atoms with van der Waals surface area (Å²) < 4.78 is 15.4. The molecule has 1 unspecified atom stereocenters. The van der Waals surface area contributed by atoms with E-state index in [1.807, 2.05) is 6.07 Å². The molecule has 0 saturated heterocycles. The van der Waals surface area contributed by atoms with E-state index in [0.29, 0.717) is 11.3 Å². The van der Waals surface area contributed by atoms with Gasteiger partial charge < -0.3 is 24.6 Å². The van der Waals surface area contributed by atoms with Gasteiger partial charge in [-0.2, -0.15) is 5.26 Å². The first kappa shape index (κ1) is 20.2. The summed E-state index contributed by atoms with van der Waals surface area (Å²) >= 11 is 0. The minimum absolute atomic E-state index is 0.0110. The van der Waals surface area contributed by atoms with Crippen LogP contribution in [0.2, 0.25) is 0 Å². The molecule has 1 aliphatic heterocycles. The van der Waals surface area contributed by atoms with Crippen LogP contribution in [0.25, 0.3) is 0 Å². The van der Waals surface area contributed by atoms with Gasteiger partial charge in [-0.15, -0.1) is 0 Å². The van der Waals surface area contributed by atoms with Gasteiger partial charge in [-0.1, -0.05) is 18.2 Å². The van der Waals surface area contributed by atoms with Gasteiger partial charge in [0, 0.05) is 19.9 Å². The molecule has 2 N–H and O–H groups in total. The Morgan fingerprint density at radius 1 is 1.19 bits per heavy atom. The fourth-order valence-electron chi connectivity index (χ4n) is 3.15. The Bertz CT molecular complexity index is 861. The summed E-state index contributed by atoms with van der Waals surface area (Å²) in [5, 5.41) is 22.2. The number of methoxy groups -OCH3 is 3. The lowest BCUT2D eigenvalue weighted by Crippen LogP contribution is -2.38. The third kappa shape index (κ3) is 3.69. The van der Waals surface area contributed by atoms with E-state index in [-0.39, 0.29) is 22.4 Å². The van der Waals surface area contributed by atoms with E-state index in [2.05, 4.69) is 5.32 Å². The Morgan fingerprint density at radius 2 is 1.81 bits per heavy atom. The summed E-state index contributed by atoms with van der Waals surface area (Å²) in [6.07, 6.45) is -0.957. The Labute approximate surface area is 156 Å². The van der Waals surface area contributed by atoms with E-state index < -0.39 is 24.1 Å². The second kappa shape index (κ2) is 8.49. The topological polar surface area (TPSA) is 118 Å². The van der Waals surface area contributed by atoms with Gasteiger partial charge in [0.05, 0.1) is 41.5 Å². The van der Waals surface area contributed by atoms with Crippen LogP contribution in [-0.4, -0.2) is 44.7 Å². The zero-order valence-corrected chi connectivity index (χ0v) is 15.4. The molecule has 0 saturated carbocycles. The number of rotatable bonds is 6. The molecule has 0 radical (unpaired) electrons. The van der Waals surface area contributed by atoms with E-state index >= 15 is 0 Å². The van der Waals surface area contributed by atoms with Gasteiger partial charge >= 0.3 is 11.9 Å². The van der Waals surface area contributed by atoms with Crippen LogP contribution in [0.4, 0.5) is 0 Å². The molecule has 27 heavy (non-hydrogen) atoms. The Kier molecular flexibility index (Phi) is 6.34. The predicted octanol–water partition coefficient (Wildman–Crippen LogP) is 1.65. The molecule has 0 amide bonds. The fourth-order valence-corrected chi connectivity index (χ4v) is 3.15. The first-order chi connectivity index (χ1) is 12.9. The molecule has 1 aromatic rings. The molecular weight excluding hydrogens is 352 g/mol. The number of carboxylic acids is 1. The second-order valence-corrected chi connectivity index (χ2v) is 5.72. The van der Waals surface area contributed by atoms with Gasteiger partial charge in [0.2, 0.25) is 0 Å². The zero-order valence-electron chi connectivity index (χ0n) is 15.4. The number of carbonyl (C=O) groups excluding carboxylic acids is 1. The first-order valence-corrected chi connectivity index (χ1v) is 7.99. The maximum absolute atomic E-state index is 12.6. The maximum atomic E-state index is 12.6. The third-order valence-corrected chi connectivity index (χ3v) is 4.29. The van der Waals surface area contributed by atoms with Crippen molar-refractivity contribution in [3.63, 3.8) is 0 Å². The summed E-state index contributed by atoms with van der Waals surface area (Å²) in [7, 11) is 3.98. The number of ether oxygens (including phenoxy) is 3. The number of hydrogen-bond donors (Lipinski definition) is 2. The van der Waals surface area contributed by atoms with Crippen LogP contribution in [0.3, 0.4) is 0 Å². The lowest BCUT2D eigenvalue weighted by Gasteiger charge is -2.33. The molecular formula is C19H20N2O6. The molecule has 2 rings (SSSR count). The smallest absolute Gasteiger partial charge is 0.336 e. The molecule has 0 bridgehead atoms. The van der Waals surface area contributed by atoms with Crippen LogP contribution < -0.4 is 5.32 Å². The van der Waals surface area contributed by atoms with Crippen molar-refractivity contribution >= 4 is 11.9 Å². The summed E-state index contributed by atoms with van der Waals surface area (Å²) in [5.41, 5.74) is 1.11. The zero-order chi connectivity index (χ0) is 20.1. The Morgan fingerprint density at radius 3 is 2.33 bits per heavy atom. The summed E-state index contributed by atoms with van der Waals surface area (Å²) in [6.45, 7) is 1.57. The first-order valence-electron chi connectivity index (χ1n) is 7.99. The van der Waals surface area contributed by atoms with Crippen molar-refractivity contribution in [2.45, 2.75) is 19.1 Å². The number of carbonyl (C=O) groups is 2. The number of nitrogens with zero attached hydrogens (tertiary/aromatic N) is 1. The summed E-state index contributed by atoms with van der Waals surface area (Å²) in [4.78, 5) is 24.6.